The highest BCUT2D eigenvalue weighted by molar-refractivity contribution is 6.00. The van der Waals surface area contributed by atoms with Gasteiger partial charge in [-0.25, -0.2) is 4.79 Å². The first-order chi connectivity index (χ1) is 18.9. The van der Waals surface area contributed by atoms with E-state index in [9.17, 15) is 19.2 Å². The first-order valence-electron chi connectivity index (χ1n) is 13.2. The van der Waals surface area contributed by atoms with Gasteiger partial charge in [-0.3, -0.25) is 14.4 Å². The highest BCUT2D eigenvalue weighted by atomic mass is 16.5. The second-order valence-corrected chi connectivity index (χ2v) is 9.21. The van der Waals surface area contributed by atoms with E-state index >= 15 is 0 Å². The third kappa shape index (κ3) is 10.5. The topological polar surface area (TPSA) is 134 Å². The van der Waals surface area contributed by atoms with Gasteiger partial charge in [-0.2, -0.15) is 0 Å². The first kappa shape index (κ1) is 29.2. The number of hydrogen-bond donors (Lipinski definition) is 4. The van der Waals surface area contributed by atoms with Crippen LogP contribution in [0.15, 0.2) is 72.8 Å². The van der Waals surface area contributed by atoms with Gasteiger partial charge in [0.25, 0.3) is 5.91 Å². The molecule has 0 bridgehead atoms. The van der Waals surface area contributed by atoms with E-state index in [4.69, 9.17) is 9.84 Å². The van der Waals surface area contributed by atoms with Crippen molar-refractivity contribution in [1.29, 1.82) is 0 Å². The molecule has 0 heterocycles. The summed E-state index contributed by atoms with van der Waals surface area (Å²) < 4.78 is 5.20. The Bertz CT molecular complexity index is 1250. The third-order valence-electron chi connectivity index (χ3n) is 6.15. The number of alkyl carbamates (subject to hydrolysis) is 1. The Kier molecular flexibility index (Phi) is 11.8. The van der Waals surface area contributed by atoms with Gasteiger partial charge in [-0.1, -0.05) is 67.1 Å². The van der Waals surface area contributed by atoms with E-state index in [0.717, 1.165) is 16.3 Å². The molecule has 0 fully saturated rings. The number of carboxylic acid groups (broad SMARTS) is 1. The fraction of sp³-hybridized carbons (Fsp3) is 0.333. The number of aliphatic carboxylic acids is 1. The van der Waals surface area contributed by atoms with Gasteiger partial charge in [0, 0.05) is 25.1 Å². The predicted octanol–water partition coefficient (Wildman–Crippen LogP) is 4.41. The van der Waals surface area contributed by atoms with Crippen LogP contribution in [0.3, 0.4) is 0 Å². The van der Waals surface area contributed by atoms with Gasteiger partial charge in [0.2, 0.25) is 5.91 Å². The van der Waals surface area contributed by atoms with Gasteiger partial charge < -0.3 is 25.8 Å². The highest BCUT2D eigenvalue weighted by Gasteiger charge is 2.21. The fourth-order valence-electron chi connectivity index (χ4n) is 4.02. The summed E-state index contributed by atoms with van der Waals surface area (Å²) in [7, 11) is 0. The quantitative estimate of drug-likeness (QED) is 0.214. The Labute approximate surface area is 227 Å². The van der Waals surface area contributed by atoms with Crippen molar-refractivity contribution in [3.8, 4) is 0 Å². The summed E-state index contributed by atoms with van der Waals surface area (Å²) in [4.78, 5) is 48.6. The molecule has 0 spiro atoms. The zero-order valence-corrected chi connectivity index (χ0v) is 21.9. The van der Waals surface area contributed by atoms with E-state index in [0.29, 0.717) is 44.2 Å². The normalized spacial score (nSPS) is 11.4. The van der Waals surface area contributed by atoms with Crippen LogP contribution in [0.25, 0.3) is 10.8 Å². The Morgan fingerprint density at radius 1 is 0.769 bits per heavy atom. The standard InChI is InChI=1S/C30H35N3O6/c34-27(35)15-5-2-8-18-31-29(37)26(14-9-19-32-30(38)39-21-22-10-3-1-4-11-22)33-28(36)25-17-16-23-12-6-7-13-24(23)20-25/h1,3-4,6-7,10-13,16-17,20,26H,2,5,8-9,14-15,18-19,21H2,(H,31,37)(H,32,38)(H,33,36)(H,34,35). The number of amides is 3. The zero-order chi connectivity index (χ0) is 27.9. The Hall–Kier alpha value is -4.40. The summed E-state index contributed by atoms with van der Waals surface area (Å²) in [5, 5.41) is 19.0. The number of rotatable bonds is 15. The maximum atomic E-state index is 13.0. The van der Waals surface area contributed by atoms with Crippen molar-refractivity contribution in [3.05, 3.63) is 83.9 Å². The maximum absolute atomic E-state index is 13.0. The van der Waals surface area contributed by atoms with E-state index in [1.165, 1.54) is 0 Å². The largest absolute Gasteiger partial charge is 0.481 e. The van der Waals surface area contributed by atoms with E-state index in [2.05, 4.69) is 16.0 Å². The summed E-state index contributed by atoms with van der Waals surface area (Å²) in [5.74, 6) is -1.53. The SMILES string of the molecule is O=C(O)CCCCCNC(=O)C(CCCNC(=O)OCc1ccccc1)NC(=O)c1ccc2ccccc2c1. The Morgan fingerprint density at radius 3 is 2.26 bits per heavy atom. The molecule has 0 aliphatic heterocycles. The molecule has 39 heavy (non-hydrogen) atoms. The third-order valence-corrected chi connectivity index (χ3v) is 6.15. The van der Waals surface area contributed by atoms with Crippen molar-refractivity contribution < 1.29 is 29.0 Å². The molecule has 4 N–H and O–H groups in total. The van der Waals surface area contributed by atoms with Crippen LogP contribution in [0.4, 0.5) is 4.79 Å². The fourth-order valence-corrected chi connectivity index (χ4v) is 4.02. The van der Waals surface area contributed by atoms with E-state index in [1.54, 1.807) is 12.1 Å². The smallest absolute Gasteiger partial charge is 0.407 e. The molecule has 9 heteroatoms. The molecule has 0 aliphatic carbocycles. The minimum absolute atomic E-state index is 0.0964. The van der Waals surface area contributed by atoms with Crippen LogP contribution >= 0.6 is 0 Å². The van der Waals surface area contributed by atoms with E-state index in [-0.39, 0.29) is 31.4 Å². The minimum atomic E-state index is -0.840. The molecule has 3 aromatic carbocycles. The van der Waals surface area contributed by atoms with Crippen molar-refractivity contribution in [2.75, 3.05) is 13.1 Å². The lowest BCUT2D eigenvalue weighted by Crippen LogP contribution is -2.47. The minimum Gasteiger partial charge on any atom is -0.481 e. The maximum Gasteiger partial charge on any atom is 0.407 e. The summed E-state index contributed by atoms with van der Waals surface area (Å²) in [6.45, 7) is 0.815. The van der Waals surface area contributed by atoms with Crippen molar-refractivity contribution >= 4 is 34.6 Å². The summed E-state index contributed by atoms with van der Waals surface area (Å²) in [5.41, 5.74) is 1.33. The van der Waals surface area contributed by atoms with Crippen molar-refractivity contribution in [2.45, 2.75) is 51.2 Å². The second-order valence-electron chi connectivity index (χ2n) is 9.21. The summed E-state index contributed by atoms with van der Waals surface area (Å²) in [6, 6.07) is 21.6. The number of ether oxygens (including phenoxy) is 1. The monoisotopic (exact) mass is 533 g/mol. The van der Waals surface area contributed by atoms with Crippen LogP contribution in [0.5, 0.6) is 0 Å². The number of nitrogens with one attached hydrogen (secondary N) is 3. The molecule has 3 amide bonds. The first-order valence-corrected chi connectivity index (χ1v) is 13.2. The molecule has 1 unspecified atom stereocenters. The van der Waals surface area contributed by atoms with Crippen LogP contribution in [0, 0.1) is 0 Å². The molecule has 0 saturated carbocycles. The predicted molar refractivity (Wildman–Crippen MR) is 148 cm³/mol. The molecular formula is C30H35N3O6. The van der Waals surface area contributed by atoms with Gasteiger partial charge in [-0.15, -0.1) is 0 Å². The molecule has 206 valence electrons. The number of unbranched alkanes of at least 4 members (excludes halogenated alkanes) is 2. The number of hydrogen-bond acceptors (Lipinski definition) is 5. The van der Waals surface area contributed by atoms with Crippen LogP contribution in [-0.4, -0.2) is 48.1 Å². The molecular weight excluding hydrogens is 498 g/mol. The van der Waals surface area contributed by atoms with Crippen LogP contribution in [-0.2, 0) is 20.9 Å². The van der Waals surface area contributed by atoms with Crippen molar-refractivity contribution in [3.63, 3.8) is 0 Å². The molecule has 0 aromatic heterocycles. The van der Waals surface area contributed by atoms with Gasteiger partial charge in [0.1, 0.15) is 12.6 Å². The molecule has 9 nitrogen and oxygen atoms in total. The lowest BCUT2D eigenvalue weighted by Gasteiger charge is -2.19. The lowest BCUT2D eigenvalue weighted by molar-refractivity contribution is -0.137. The van der Waals surface area contributed by atoms with Gasteiger partial charge >= 0.3 is 12.1 Å². The number of benzene rings is 3. The molecule has 3 rings (SSSR count). The number of fused-ring (bicyclic) bond motifs is 1. The van der Waals surface area contributed by atoms with Crippen LogP contribution in [0.1, 0.15) is 54.4 Å². The number of carbonyl (C=O) groups excluding carboxylic acids is 3. The summed E-state index contributed by atoms with van der Waals surface area (Å²) >= 11 is 0. The second kappa shape index (κ2) is 15.8. The Balaban J connectivity index is 1.51. The summed E-state index contributed by atoms with van der Waals surface area (Å²) in [6.07, 6.45) is 2.15. The Morgan fingerprint density at radius 2 is 1.49 bits per heavy atom. The van der Waals surface area contributed by atoms with Crippen LogP contribution in [0.2, 0.25) is 0 Å². The molecule has 0 saturated heterocycles. The lowest BCUT2D eigenvalue weighted by atomic mass is 10.1. The van der Waals surface area contributed by atoms with Gasteiger partial charge in [0.05, 0.1) is 0 Å². The van der Waals surface area contributed by atoms with E-state index in [1.807, 2.05) is 60.7 Å². The molecule has 1 atom stereocenters. The zero-order valence-electron chi connectivity index (χ0n) is 21.9. The molecule has 3 aromatic rings. The van der Waals surface area contributed by atoms with Crippen molar-refractivity contribution in [2.24, 2.45) is 0 Å². The van der Waals surface area contributed by atoms with Crippen molar-refractivity contribution in [1.82, 2.24) is 16.0 Å². The van der Waals surface area contributed by atoms with Crippen LogP contribution < -0.4 is 16.0 Å². The molecule has 0 radical (unpaired) electrons. The van der Waals surface area contributed by atoms with Gasteiger partial charge in [0.15, 0.2) is 0 Å². The number of carboxylic acids is 1. The van der Waals surface area contributed by atoms with Gasteiger partial charge in [-0.05, 0) is 54.2 Å². The average Bonchev–Trinajstić information content (AvgIpc) is 2.95. The molecule has 0 aliphatic rings. The highest BCUT2D eigenvalue weighted by Crippen LogP contribution is 2.16. The average molecular weight is 534 g/mol. The van der Waals surface area contributed by atoms with E-state index < -0.39 is 18.1 Å². The number of carbonyl (C=O) groups is 4.